The number of nitrogens with zero attached hydrogens (tertiary/aromatic N) is 1. The highest BCUT2D eigenvalue weighted by atomic mass is 35.5. The maximum atomic E-state index is 13.7. The van der Waals surface area contributed by atoms with Gasteiger partial charge < -0.3 is 4.90 Å². The molecule has 0 amide bonds. The summed E-state index contributed by atoms with van der Waals surface area (Å²) in [5.74, 6) is 3.37. The Morgan fingerprint density at radius 3 is 2.34 bits per heavy atom. The number of anilines is 1. The molecule has 4 aliphatic carbocycles. The Labute approximate surface area is 219 Å². The number of alkyl halides is 2. The highest BCUT2D eigenvalue weighted by Crippen LogP contribution is 2.65. The second-order valence-electron chi connectivity index (χ2n) is 11.6. The fourth-order valence-corrected chi connectivity index (χ4v) is 8.32. The van der Waals surface area contributed by atoms with Crippen molar-refractivity contribution < 1.29 is 9.59 Å². The lowest BCUT2D eigenvalue weighted by Crippen LogP contribution is -2.50. The van der Waals surface area contributed by atoms with E-state index in [1.807, 2.05) is 6.08 Å². The molecule has 0 bridgehead atoms. The second kappa shape index (κ2) is 9.71. The van der Waals surface area contributed by atoms with E-state index in [9.17, 15) is 9.59 Å². The van der Waals surface area contributed by atoms with Gasteiger partial charge in [0.15, 0.2) is 11.6 Å². The molecule has 1 aromatic carbocycles. The van der Waals surface area contributed by atoms with Crippen LogP contribution in [0.4, 0.5) is 5.69 Å². The number of benzene rings is 1. The van der Waals surface area contributed by atoms with Gasteiger partial charge in [0.1, 0.15) is 0 Å². The van der Waals surface area contributed by atoms with Crippen LogP contribution in [0, 0.1) is 28.6 Å². The molecule has 3 nitrogen and oxygen atoms in total. The monoisotopic (exact) mass is 513 g/mol. The fourth-order valence-electron chi connectivity index (χ4n) is 7.92. The Morgan fingerprint density at radius 1 is 0.943 bits per heavy atom. The van der Waals surface area contributed by atoms with Crippen molar-refractivity contribution in [2.45, 2.75) is 58.8 Å². The highest BCUT2D eigenvalue weighted by Gasteiger charge is 2.60. The van der Waals surface area contributed by atoms with Gasteiger partial charge in [-0.05, 0) is 97.1 Å². The van der Waals surface area contributed by atoms with E-state index >= 15 is 0 Å². The Kier molecular flexibility index (Phi) is 6.96. The molecule has 0 spiro atoms. The lowest BCUT2D eigenvalue weighted by Gasteiger charge is -2.56. The van der Waals surface area contributed by atoms with Crippen LogP contribution in [0.25, 0.3) is 6.08 Å². The van der Waals surface area contributed by atoms with Gasteiger partial charge in [-0.3, -0.25) is 9.59 Å². The van der Waals surface area contributed by atoms with Gasteiger partial charge in [0.05, 0.1) is 0 Å². The van der Waals surface area contributed by atoms with Crippen molar-refractivity contribution in [2.75, 3.05) is 29.7 Å². The minimum atomic E-state index is -0.244. The van der Waals surface area contributed by atoms with Crippen molar-refractivity contribution in [3.05, 3.63) is 47.1 Å². The van der Waals surface area contributed by atoms with Crippen LogP contribution in [0.2, 0.25) is 0 Å². The number of hydrogen-bond acceptors (Lipinski definition) is 3. The summed E-state index contributed by atoms with van der Waals surface area (Å²) in [7, 11) is 0. The largest absolute Gasteiger partial charge is 0.369 e. The molecule has 5 unspecified atom stereocenters. The summed E-state index contributed by atoms with van der Waals surface area (Å²) in [4.78, 5) is 28.0. The predicted octanol–water partition coefficient (Wildman–Crippen LogP) is 7.06. The van der Waals surface area contributed by atoms with Crippen molar-refractivity contribution in [3.8, 4) is 0 Å². The summed E-state index contributed by atoms with van der Waals surface area (Å²) >= 11 is 11.9. The molecule has 1 aromatic rings. The molecule has 0 aromatic heterocycles. The quantitative estimate of drug-likeness (QED) is 0.301. The fraction of sp³-hybridized carbons (Fsp3) is 0.600. The van der Waals surface area contributed by atoms with E-state index in [0.29, 0.717) is 47.5 Å². The van der Waals surface area contributed by atoms with E-state index in [-0.39, 0.29) is 10.8 Å². The van der Waals surface area contributed by atoms with Gasteiger partial charge in [0, 0.05) is 42.4 Å². The zero-order chi connectivity index (χ0) is 24.8. The summed E-state index contributed by atoms with van der Waals surface area (Å²) in [6.07, 6.45) is 10.8. The smallest absolute Gasteiger partial charge is 0.165 e. The van der Waals surface area contributed by atoms with E-state index in [2.05, 4.69) is 49.1 Å². The third-order valence-electron chi connectivity index (χ3n) is 9.91. The molecule has 4 aliphatic rings. The van der Waals surface area contributed by atoms with Crippen molar-refractivity contribution >= 4 is 46.5 Å². The molecule has 5 atom stereocenters. The van der Waals surface area contributed by atoms with Crippen LogP contribution < -0.4 is 4.90 Å². The first-order chi connectivity index (χ1) is 16.8. The molecule has 3 saturated carbocycles. The van der Waals surface area contributed by atoms with Gasteiger partial charge in [-0.2, -0.15) is 0 Å². The normalized spacial score (nSPS) is 35.4. The van der Waals surface area contributed by atoms with E-state index in [0.717, 1.165) is 68.4 Å². The van der Waals surface area contributed by atoms with E-state index in [1.54, 1.807) is 0 Å². The van der Waals surface area contributed by atoms with Crippen molar-refractivity contribution in [1.82, 2.24) is 0 Å². The zero-order valence-electron chi connectivity index (χ0n) is 21.0. The molecule has 0 aliphatic heterocycles. The molecule has 188 valence electrons. The maximum absolute atomic E-state index is 13.7. The number of Topliss-reactive ketones (excluding diaryl/α,β-unsaturated/α-hetero) is 1. The Hall–Kier alpha value is -1.58. The first-order valence-electron chi connectivity index (χ1n) is 13.3. The maximum Gasteiger partial charge on any atom is 0.165 e. The number of halogens is 2. The zero-order valence-corrected chi connectivity index (χ0v) is 22.5. The molecule has 5 rings (SSSR count). The summed E-state index contributed by atoms with van der Waals surface area (Å²) in [5.41, 5.74) is 4.47. The number of carbonyl (C=O) groups excluding carboxylic acids is 2. The van der Waals surface area contributed by atoms with Crippen LogP contribution in [0.15, 0.2) is 41.5 Å². The third kappa shape index (κ3) is 4.31. The average Bonchev–Trinajstić information content (AvgIpc) is 3.10. The number of ketones is 2. The van der Waals surface area contributed by atoms with E-state index < -0.39 is 0 Å². The van der Waals surface area contributed by atoms with Crippen LogP contribution in [-0.2, 0) is 9.59 Å². The predicted molar refractivity (Wildman–Crippen MR) is 145 cm³/mol. The van der Waals surface area contributed by atoms with Crippen LogP contribution >= 0.6 is 23.2 Å². The molecule has 3 fully saturated rings. The summed E-state index contributed by atoms with van der Waals surface area (Å²) in [5, 5.41) is 0. The minimum absolute atomic E-state index is 0.140. The average molecular weight is 515 g/mol. The van der Waals surface area contributed by atoms with Crippen LogP contribution in [-0.4, -0.2) is 36.4 Å². The topological polar surface area (TPSA) is 37.4 Å². The summed E-state index contributed by atoms with van der Waals surface area (Å²) in [6.45, 7) is 6.16. The lowest BCUT2D eigenvalue weighted by molar-refractivity contribution is -0.130. The van der Waals surface area contributed by atoms with Gasteiger partial charge in [-0.15, -0.1) is 23.2 Å². The summed E-state index contributed by atoms with van der Waals surface area (Å²) in [6, 6.07) is 8.43. The van der Waals surface area contributed by atoms with Gasteiger partial charge in [-0.25, -0.2) is 0 Å². The van der Waals surface area contributed by atoms with Gasteiger partial charge >= 0.3 is 0 Å². The minimum Gasteiger partial charge on any atom is -0.369 e. The molecular weight excluding hydrogens is 477 g/mol. The Balaban J connectivity index is 1.38. The first-order valence-corrected chi connectivity index (χ1v) is 14.3. The van der Waals surface area contributed by atoms with Crippen LogP contribution in [0.5, 0.6) is 0 Å². The molecule has 0 heterocycles. The first kappa shape index (κ1) is 25.1. The molecule has 0 saturated heterocycles. The number of hydrogen-bond donors (Lipinski definition) is 0. The molecule has 0 radical (unpaired) electrons. The highest BCUT2D eigenvalue weighted by molar-refractivity contribution is 6.18. The number of allylic oxidation sites excluding steroid dienone is 2. The SMILES string of the molecule is CC12CCC3C(CCC4=CC(=O)CCC43C)C1C/C(=C\c1ccc(N(CCCl)CCCl)cc1)C2=O. The Morgan fingerprint density at radius 2 is 1.66 bits per heavy atom. The van der Waals surface area contributed by atoms with E-state index in [1.165, 1.54) is 5.57 Å². The standard InChI is InChI=1S/C30H37Cl2NO2/c1-29-11-9-24(34)19-22(29)5-8-25-26(29)10-12-30(2)27(25)18-21(28(30)35)17-20-3-6-23(7-4-20)33(15-13-31)16-14-32/h3-4,6-7,17,19,25-27H,5,8-16,18H2,1-2H3/b21-17+. The molecule has 5 heteroatoms. The lowest BCUT2D eigenvalue weighted by atomic mass is 9.47. The van der Waals surface area contributed by atoms with Crippen molar-refractivity contribution in [2.24, 2.45) is 28.6 Å². The van der Waals surface area contributed by atoms with Crippen molar-refractivity contribution in [3.63, 3.8) is 0 Å². The third-order valence-corrected chi connectivity index (χ3v) is 10.2. The van der Waals surface area contributed by atoms with Crippen LogP contribution in [0.1, 0.15) is 64.4 Å². The van der Waals surface area contributed by atoms with Crippen molar-refractivity contribution in [1.29, 1.82) is 0 Å². The molecule has 0 N–H and O–H groups in total. The number of carbonyl (C=O) groups is 2. The number of fused-ring (bicyclic) bond motifs is 5. The van der Waals surface area contributed by atoms with Crippen LogP contribution in [0.3, 0.4) is 0 Å². The van der Waals surface area contributed by atoms with Gasteiger partial charge in [-0.1, -0.05) is 31.6 Å². The molecular formula is C30H37Cl2NO2. The van der Waals surface area contributed by atoms with Gasteiger partial charge in [0.25, 0.3) is 0 Å². The number of rotatable bonds is 6. The molecule has 35 heavy (non-hydrogen) atoms. The van der Waals surface area contributed by atoms with Gasteiger partial charge in [0.2, 0.25) is 0 Å². The summed E-state index contributed by atoms with van der Waals surface area (Å²) < 4.78 is 0. The second-order valence-corrected chi connectivity index (χ2v) is 12.3. The Bertz CT molecular complexity index is 1050. The van der Waals surface area contributed by atoms with E-state index in [4.69, 9.17) is 23.2 Å².